The average Bonchev–Trinajstić information content (AvgIpc) is 3.45. The van der Waals surface area contributed by atoms with Crippen LogP contribution < -0.4 is 10.2 Å². The molecule has 4 rings (SSSR count). The summed E-state index contributed by atoms with van der Waals surface area (Å²) in [7, 11) is 0. The van der Waals surface area contributed by atoms with Gasteiger partial charge in [-0.2, -0.15) is 0 Å². The molecule has 33 heavy (non-hydrogen) atoms. The molecule has 1 aromatic carbocycles. The minimum absolute atomic E-state index is 0.141. The van der Waals surface area contributed by atoms with E-state index in [0.29, 0.717) is 56.8 Å². The van der Waals surface area contributed by atoms with Gasteiger partial charge in [0, 0.05) is 32.2 Å². The SMILES string of the molecule is CC(=O)N(C1CCOC1)C(C)(C)C(=O)Nc1nc(-c2ccc(F)cc2)c(N2CCOCC2)s1. The number of carbonyl (C=O) groups is 2. The highest BCUT2D eigenvalue weighted by molar-refractivity contribution is 7.20. The van der Waals surface area contributed by atoms with Crippen LogP contribution in [0.25, 0.3) is 11.3 Å². The molecule has 1 aromatic heterocycles. The number of hydrogen-bond acceptors (Lipinski definition) is 7. The van der Waals surface area contributed by atoms with Crippen molar-refractivity contribution in [2.75, 3.05) is 49.7 Å². The number of benzene rings is 1. The third-order valence-corrected chi connectivity index (χ3v) is 7.05. The van der Waals surface area contributed by atoms with E-state index in [0.717, 1.165) is 10.6 Å². The van der Waals surface area contributed by atoms with Gasteiger partial charge in [0.25, 0.3) is 5.91 Å². The Morgan fingerprint density at radius 2 is 1.88 bits per heavy atom. The van der Waals surface area contributed by atoms with Crippen LogP contribution in [-0.4, -0.2) is 72.8 Å². The normalized spacial score (nSPS) is 18.9. The van der Waals surface area contributed by atoms with Crippen molar-refractivity contribution >= 4 is 33.3 Å². The summed E-state index contributed by atoms with van der Waals surface area (Å²) >= 11 is 1.37. The lowest BCUT2D eigenvalue weighted by Gasteiger charge is -2.40. The van der Waals surface area contributed by atoms with Crippen LogP contribution >= 0.6 is 11.3 Å². The molecule has 8 nitrogen and oxygen atoms in total. The molecule has 0 spiro atoms. The monoisotopic (exact) mass is 476 g/mol. The Bertz CT molecular complexity index is 998. The molecule has 1 unspecified atom stereocenters. The molecule has 2 aliphatic heterocycles. The first-order valence-electron chi connectivity index (χ1n) is 11.1. The van der Waals surface area contributed by atoms with E-state index < -0.39 is 5.54 Å². The molecule has 2 amide bonds. The summed E-state index contributed by atoms with van der Waals surface area (Å²) in [4.78, 5) is 34.3. The van der Waals surface area contributed by atoms with Crippen LogP contribution in [0.4, 0.5) is 14.5 Å². The Hall–Kier alpha value is -2.56. The fourth-order valence-electron chi connectivity index (χ4n) is 4.33. The zero-order valence-corrected chi connectivity index (χ0v) is 19.9. The summed E-state index contributed by atoms with van der Waals surface area (Å²) in [6.45, 7) is 8.55. The Balaban J connectivity index is 1.62. The Labute approximate surface area is 196 Å². The minimum atomic E-state index is -1.09. The number of nitrogens with zero attached hydrogens (tertiary/aromatic N) is 3. The van der Waals surface area contributed by atoms with Crippen LogP contribution in [-0.2, 0) is 19.1 Å². The van der Waals surface area contributed by atoms with Gasteiger partial charge in [0.1, 0.15) is 22.1 Å². The quantitative estimate of drug-likeness (QED) is 0.690. The highest BCUT2D eigenvalue weighted by Crippen LogP contribution is 2.39. The van der Waals surface area contributed by atoms with Crippen LogP contribution in [0.2, 0.25) is 0 Å². The summed E-state index contributed by atoms with van der Waals surface area (Å²) in [5.41, 5.74) is 0.357. The number of halogens is 1. The minimum Gasteiger partial charge on any atom is -0.379 e. The van der Waals surface area contributed by atoms with Gasteiger partial charge < -0.3 is 19.3 Å². The molecular weight excluding hydrogens is 447 g/mol. The van der Waals surface area contributed by atoms with E-state index in [9.17, 15) is 14.0 Å². The molecule has 0 bridgehead atoms. The van der Waals surface area contributed by atoms with Crippen molar-refractivity contribution < 1.29 is 23.5 Å². The van der Waals surface area contributed by atoms with Gasteiger partial charge in [0.15, 0.2) is 5.13 Å². The number of amides is 2. The third kappa shape index (κ3) is 5.02. The molecule has 0 saturated carbocycles. The van der Waals surface area contributed by atoms with Gasteiger partial charge in [-0.1, -0.05) is 11.3 Å². The number of hydrogen-bond donors (Lipinski definition) is 1. The number of nitrogens with one attached hydrogen (secondary N) is 1. The summed E-state index contributed by atoms with van der Waals surface area (Å²) in [5.74, 6) is -0.819. The smallest absolute Gasteiger partial charge is 0.251 e. The molecule has 0 aliphatic carbocycles. The molecular formula is C23H29FN4O4S. The summed E-state index contributed by atoms with van der Waals surface area (Å²) in [6, 6.07) is 6.02. The van der Waals surface area contributed by atoms with Gasteiger partial charge in [0.2, 0.25) is 5.91 Å². The van der Waals surface area contributed by atoms with Crippen molar-refractivity contribution in [1.29, 1.82) is 0 Å². The van der Waals surface area contributed by atoms with Crippen molar-refractivity contribution in [3.63, 3.8) is 0 Å². The second-order valence-corrected chi connectivity index (χ2v) is 9.68. The Morgan fingerprint density at radius 3 is 2.48 bits per heavy atom. The van der Waals surface area contributed by atoms with Crippen molar-refractivity contribution in [2.24, 2.45) is 0 Å². The lowest BCUT2D eigenvalue weighted by molar-refractivity contribution is -0.145. The molecule has 1 N–H and O–H groups in total. The molecule has 0 radical (unpaired) electrons. The zero-order valence-electron chi connectivity index (χ0n) is 19.1. The van der Waals surface area contributed by atoms with E-state index in [2.05, 4.69) is 10.2 Å². The fourth-order valence-corrected chi connectivity index (χ4v) is 5.37. The van der Waals surface area contributed by atoms with Gasteiger partial charge in [-0.05, 0) is 44.5 Å². The highest BCUT2D eigenvalue weighted by Gasteiger charge is 2.42. The third-order valence-electron chi connectivity index (χ3n) is 6.01. The second kappa shape index (κ2) is 9.74. The van der Waals surface area contributed by atoms with Crippen LogP contribution in [0.3, 0.4) is 0 Å². The maximum absolute atomic E-state index is 13.5. The number of ether oxygens (including phenoxy) is 2. The van der Waals surface area contributed by atoms with E-state index >= 15 is 0 Å². The van der Waals surface area contributed by atoms with Crippen molar-refractivity contribution in [2.45, 2.75) is 38.8 Å². The Morgan fingerprint density at radius 1 is 1.18 bits per heavy atom. The lowest BCUT2D eigenvalue weighted by atomic mass is 9.98. The maximum atomic E-state index is 13.5. The van der Waals surface area contributed by atoms with Crippen LogP contribution in [0.1, 0.15) is 27.2 Å². The Kier molecular flexibility index (Phi) is 6.96. The molecule has 178 valence electrons. The first-order chi connectivity index (χ1) is 15.8. The van der Waals surface area contributed by atoms with Gasteiger partial charge in [0.05, 0.1) is 25.9 Å². The number of rotatable bonds is 6. The summed E-state index contributed by atoms with van der Waals surface area (Å²) < 4.78 is 24.4. The molecule has 2 aliphatic rings. The number of morpholine rings is 1. The first-order valence-corrected chi connectivity index (χ1v) is 11.9. The summed E-state index contributed by atoms with van der Waals surface area (Å²) in [6.07, 6.45) is 0.698. The topological polar surface area (TPSA) is 84.0 Å². The molecule has 2 saturated heterocycles. The maximum Gasteiger partial charge on any atom is 0.251 e. The molecule has 2 aromatic rings. The predicted octanol–water partition coefficient (Wildman–Crippen LogP) is 3.14. The van der Waals surface area contributed by atoms with Crippen molar-refractivity contribution in [1.82, 2.24) is 9.88 Å². The second-order valence-electron chi connectivity index (χ2n) is 8.70. The first kappa shape index (κ1) is 23.6. The van der Waals surface area contributed by atoms with Gasteiger partial charge in [-0.3, -0.25) is 14.9 Å². The van der Waals surface area contributed by atoms with E-state index in [1.165, 1.54) is 30.4 Å². The van der Waals surface area contributed by atoms with Gasteiger partial charge >= 0.3 is 0 Å². The van der Waals surface area contributed by atoms with Crippen molar-refractivity contribution in [3.8, 4) is 11.3 Å². The van der Waals surface area contributed by atoms with Crippen molar-refractivity contribution in [3.05, 3.63) is 30.1 Å². The van der Waals surface area contributed by atoms with E-state index in [1.807, 2.05) is 0 Å². The standard InChI is InChI=1S/C23H29FN4O4S/c1-15(29)28(18-8-11-32-14-18)23(2,3)21(30)26-22-25-19(16-4-6-17(24)7-5-16)20(33-22)27-9-12-31-13-10-27/h4-7,18H,8-14H2,1-3H3,(H,25,26,30). The highest BCUT2D eigenvalue weighted by atomic mass is 32.1. The predicted molar refractivity (Wildman–Crippen MR) is 125 cm³/mol. The van der Waals surface area contributed by atoms with Gasteiger partial charge in [-0.25, -0.2) is 9.37 Å². The average molecular weight is 477 g/mol. The molecule has 1 atom stereocenters. The van der Waals surface area contributed by atoms with E-state index in [-0.39, 0.29) is 23.7 Å². The van der Waals surface area contributed by atoms with Gasteiger partial charge in [-0.15, -0.1) is 0 Å². The zero-order chi connectivity index (χ0) is 23.6. The summed E-state index contributed by atoms with van der Waals surface area (Å²) in [5, 5.41) is 4.25. The van der Waals surface area contributed by atoms with Crippen LogP contribution in [0, 0.1) is 5.82 Å². The number of carbonyl (C=O) groups excluding carboxylic acids is 2. The van der Waals surface area contributed by atoms with E-state index in [1.54, 1.807) is 30.9 Å². The van der Waals surface area contributed by atoms with E-state index in [4.69, 9.17) is 14.5 Å². The lowest BCUT2D eigenvalue weighted by Crippen LogP contribution is -2.58. The number of anilines is 2. The van der Waals surface area contributed by atoms with Crippen LogP contribution in [0.5, 0.6) is 0 Å². The molecule has 3 heterocycles. The number of aromatic nitrogens is 1. The molecule has 2 fully saturated rings. The molecule has 10 heteroatoms. The van der Waals surface area contributed by atoms with Crippen LogP contribution in [0.15, 0.2) is 24.3 Å². The number of thiazole rings is 1. The largest absolute Gasteiger partial charge is 0.379 e. The fraction of sp³-hybridized carbons (Fsp3) is 0.522.